The minimum Gasteiger partial charge on any atom is -0.478 e. The van der Waals surface area contributed by atoms with Crippen LogP contribution >= 0.6 is 0 Å². The van der Waals surface area contributed by atoms with Crippen LogP contribution in [0.2, 0.25) is 0 Å². The fourth-order valence-electron chi connectivity index (χ4n) is 4.57. The first-order chi connectivity index (χ1) is 14.0. The van der Waals surface area contributed by atoms with E-state index in [-0.39, 0.29) is 16.8 Å². The Kier molecular flexibility index (Phi) is 4.34. The lowest BCUT2D eigenvalue weighted by atomic mass is 9.67. The van der Waals surface area contributed by atoms with Crippen molar-refractivity contribution in [2.75, 3.05) is 5.32 Å². The number of Topliss-reactive ketones (excluding diaryl/α,β-unsaturated/α-hetero) is 1. The van der Waals surface area contributed by atoms with Gasteiger partial charge in [0.05, 0.1) is 17.0 Å². The molecule has 0 fully saturated rings. The van der Waals surface area contributed by atoms with Crippen LogP contribution in [0.5, 0.6) is 0 Å². The van der Waals surface area contributed by atoms with Crippen molar-refractivity contribution >= 4 is 17.6 Å². The van der Waals surface area contributed by atoms with Crippen molar-refractivity contribution in [3.05, 3.63) is 73.6 Å². The monoisotopic (exact) mass is 409 g/mol. The van der Waals surface area contributed by atoms with Gasteiger partial charge < -0.3 is 10.4 Å². The third-order valence-electron chi connectivity index (χ3n) is 5.98. The van der Waals surface area contributed by atoms with E-state index < -0.39 is 29.1 Å². The molecule has 0 saturated heterocycles. The lowest BCUT2D eigenvalue weighted by molar-refractivity contribution is -0.124. The van der Waals surface area contributed by atoms with Crippen LogP contribution in [0.3, 0.4) is 0 Å². The first kappa shape index (κ1) is 19.9. The summed E-state index contributed by atoms with van der Waals surface area (Å²) >= 11 is 0. The van der Waals surface area contributed by atoms with Crippen LogP contribution in [-0.4, -0.2) is 26.0 Å². The van der Waals surface area contributed by atoms with Crippen molar-refractivity contribution in [2.45, 2.75) is 26.2 Å². The Morgan fingerprint density at radius 3 is 2.30 bits per heavy atom. The number of carbonyl (C=O) groups is 2. The number of carbonyl (C=O) groups excluding carboxylic acids is 1. The molecule has 0 spiro atoms. The zero-order valence-electron chi connectivity index (χ0n) is 17.2. The molecule has 8 nitrogen and oxygen atoms in total. The fourth-order valence-corrected chi connectivity index (χ4v) is 4.57. The average molecular weight is 409 g/mol. The number of carboxylic acids is 1. The van der Waals surface area contributed by atoms with E-state index in [4.69, 9.17) is 0 Å². The van der Waals surface area contributed by atoms with Gasteiger partial charge in [-0.1, -0.05) is 32.1 Å². The molecule has 2 aromatic rings. The second-order valence-corrected chi connectivity index (χ2v) is 8.71. The molecule has 0 saturated carbocycles. The quantitative estimate of drug-likeness (QED) is 0.783. The minimum atomic E-state index is -1.05. The topological polar surface area (TPSA) is 110 Å². The van der Waals surface area contributed by atoms with Gasteiger partial charge in [0, 0.05) is 32.1 Å². The first-order valence-electron chi connectivity index (χ1n) is 9.67. The molecule has 2 aliphatic rings. The maximum Gasteiger partial charge on any atom is 0.335 e. The third-order valence-corrected chi connectivity index (χ3v) is 5.98. The van der Waals surface area contributed by atoms with Crippen LogP contribution in [-0.2, 0) is 18.9 Å². The predicted octanol–water partition coefficient (Wildman–Crippen LogP) is 1.84. The van der Waals surface area contributed by atoms with Crippen LogP contribution in [0.25, 0.3) is 0 Å². The summed E-state index contributed by atoms with van der Waals surface area (Å²) in [6, 6.07) is 6.20. The molecule has 1 aliphatic heterocycles. The Morgan fingerprint density at radius 2 is 1.70 bits per heavy atom. The van der Waals surface area contributed by atoms with E-state index in [0.717, 1.165) is 4.57 Å². The van der Waals surface area contributed by atoms with Crippen molar-refractivity contribution in [2.24, 2.45) is 25.4 Å². The van der Waals surface area contributed by atoms with Gasteiger partial charge in [-0.3, -0.25) is 18.7 Å². The molecule has 2 N–H and O–H groups in total. The predicted molar refractivity (Wildman–Crippen MR) is 111 cm³/mol. The molecule has 30 heavy (non-hydrogen) atoms. The van der Waals surface area contributed by atoms with E-state index >= 15 is 0 Å². The van der Waals surface area contributed by atoms with Crippen molar-refractivity contribution < 1.29 is 14.7 Å². The number of ketones is 1. The Bertz CT molecular complexity index is 1230. The first-order valence-corrected chi connectivity index (χ1v) is 9.67. The average Bonchev–Trinajstić information content (AvgIpc) is 2.68. The number of rotatable bonds is 2. The molecule has 0 amide bonds. The van der Waals surface area contributed by atoms with Crippen LogP contribution in [0.1, 0.15) is 47.7 Å². The van der Waals surface area contributed by atoms with E-state index in [2.05, 4.69) is 5.32 Å². The molecular formula is C22H23N3O5. The number of hydrogen-bond acceptors (Lipinski definition) is 5. The van der Waals surface area contributed by atoms with E-state index in [1.807, 2.05) is 19.9 Å². The summed E-state index contributed by atoms with van der Waals surface area (Å²) in [7, 11) is 2.99. The maximum atomic E-state index is 13.2. The number of benzene rings is 1. The largest absolute Gasteiger partial charge is 0.478 e. The summed E-state index contributed by atoms with van der Waals surface area (Å²) in [5.41, 5.74) is 0.480. The van der Waals surface area contributed by atoms with Gasteiger partial charge >= 0.3 is 11.7 Å². The Balaban J connectivity index is 2.04. The molecular weight excluding hydrogens is 386 g/mol. The number of aromatic carboxylic acids is 1. The van der Waals surface area contributed by atoms with Crippen LogP contribution in [0.4, 0.5) is 5.82 Å². The summed E-state index contributed by atoms with van der Waals surface area (Å²) in [5.74, 6) is -1.92. The number of nitrogens with one attached hydrogen (secondary N) is 1. The molecule has 0 radical (unpaired) electrons. The molecule has 0 bridgehead atoms. The summed E-state index contributed by atoms with van der Waals surface area (Å²) in [4.78, 5) is 50.1. The molecule has 0 unspecified atom stereocenters. The molecule has 8 heteroatoms. The molecule has 1 aliphatic carbocycles. The van der Waals surface area contributed by atoms with E-state index in [1.54, 1.807) is 19.2 Å². The summed E-state index contributed by atoms with van der Waals surface area (Å²) in [6.07, 6.45) is 2.32. The van der Waals surface area contributed by atoms with Crippen molar-refractivity contribution in [1.29, 1.82) is 0 Å². The standard InChI is InChI=1S/C22H23N3O5/c1-22(2)9-13-16(14(26)10-22)15(11-5-7-12(8-6-11)20(28)29)17-18(23-13)24(3)21(30)25(4)19(17)27/h5-9,15-16,23H,10H2,1-4H3,(H,28,29)/t15-,16-/m0/s1. The van der Waals surface area contributed by atoms with Crippen LogP contribution < -0.4 is 16.6 Å². The van der Waals surface area contributed by atoms with E-state index in [1.165, 1.54) is 23.7 Å². The third kappa shape index (κ3) is 2.91. The number of fused-ring (bicyclic) bond motifs is 2. The van der Waals surface area contributed by atoms with Gasteiger partial charge in [-0.05, 0) is 23.1 Å². The van der Waals surface area contributed by atoms with Crippen LogP contribution in [0, 0.1) is 11.3 Å². The summed E-state index contributed by atoms with van der Waals surface area (Å²) < 4.78 is 2.41. The lowest BCUT2D eigenvalue weighted by Gasteiger charge is -2.41. The molecule has 156 valence electrons. The van der Waals surface area contributed by atoms with E-state index in [9.17, 15) is 24.3 Å². The van der Waals surface area contributed by atoms with Gasteiger partial charge in [-0.2, -0.15) is 0 Å². The lowest BCUT2D eigenvalue weighted by Crippen LogP contribution is -2.47. The van der Waals surface area contributed by atoms with Gasteiger partial charge in [-0.15, -0.1) is 0 Å². The molecule has 4 rings (SSSR count). The summed E-state index contributed by atoms with van der Waals surface area (Å²) in [6.45, 7) is 3.93. The van der Waals surface area contributed by atoms with Crippen molar-refractivity contribution in [1.82, 2.24) is 9.13 Å². The highest BCUT2D eigenvalue weighted by atomic mass is 16.4. The molecule has 1 aromatic carbocycles. The number of hydrogen-bond donors (Lipinski definition) is 2. The van der Waals surface area contributed by atoms with Gasteiger partial charge in [0.2, 0.25) is 0 Å². The number of aromatic nitrogens is 2. The number of anilines is 1. The molecule has 2 heterocycles. The smallest absolute Gasteiger partial charge is 0.335 e. The zero-order valence-corrected chi connectivity index (χ0v) is 17.2. The fraction of sp³-hybridized carbons (Fsp3) is 0.364. The van der Waals surface area contributed by atoms with Gasteiger partial charge in [0.15, 0.2) is 0 Å². The number of carboxylic acid groups (broad SMARTS) is 1. The molecule has 1 aromatic heterocycles. The van der Waals surface area contributed by atoms with Crippen molar-refractivity contribution in [3.8, 4) is 0 Å². The Hall–Kier alpha value is -3.42. The van der Waals surface area contributed by atoms with Crippen LogP contribution in [0.15, 0.2) is 45.6 Å². The maximum absolute atomic E-state index is 13.2. The SMILES string of the molecule is Cn1c2c(c(=O)n(C)c1=O)[C@@H](c1ccc(C(=O)O)cc1)[C@@H]1C(=O)CC(C)(C)C=C1N2. The van der Waals surface area contributed by atoms with Gasteiger partial charge in [0.25, 0.3) is 5.56 Å². The highest BCUT2D eigenvalue weighted by Gasteiger charge is 2.46. The van der Waals surface area contributed by atoms with Gasteiger partial charge in [0.1, 0.15) is 11.6 Å². The molecule has 2 atom stereocenters. The highest BCUT2D eigenvalue weighted by Crippen LogP contribution is 2.47. The minimum absolute atomic E-state index is 0.00105. The highest BCUT2D eigenvalue weighted by molar-refractivity contribution is 5.90. The van der Waals surface area contributed by atoms with E-state index in [0.29, 0.717) is 29.1 Å². The zero-order chi connectivity index (χ0) is 22.0. The number of nitrogens with zero attached hydrogens (tertiary/aromatic N) is 2. The Morgan fingerprint density at radius 1 is 1.07 bits per heavy atom. The second kappa shape index (κ2) is 6.55. The normalized spacial score (nSPS) is 21.9. The Labute approximate surface area is 172 Å². The van der Waals surface area contributed by atoms with Crippen molar-refractivity contribution in [3.63, 3.8) is 0 Å². The van der Waals surface area contributed by atoms with Gasteiger partial charge in [-0.25, -0.2) is 9.59 Å². The number of allylic oxidation sites excluding steroid dienone is 2. The second-order valence-electron chi connectivity index (χ2n) is 8.71. The summed E-state index contributed by atoms with van der Waals surface area (Å²) in [5, 5.41) is 12.4.